The standard InChI is InChI=1S/C16H19N3O4S/c1-10-7-11-3-2-4-12(15(11)23-10)18-16(20)19-6-5-17-13-8-24(21,22)9-14(13)19/h2-4,7,13-14,17H,5-6,8-9H2,1H3,(H,18,20)/t13-,14+/m1/s1. The predicted octanol–water partition coefficient (Wildman–Crippen LogP) is 1.34. The maximum Gasteiger partial charge on any atom is 0.322 e. The molecule has 2 aromatic rings. The predicted molar refractivity (Wildman–Crippen MR) is 90.9 cm³/mol. The van der Waals surface area contributed by atoms with Crippen LogP contribution in [0.2, 0.25) is 0 Å². The fourth-order valence-corrected chi connectivity index (χ4v) is 5.55. The Morgan fingerprint density at radius 1 is 1.38 bits per heavy atom. The van der Waals surface area contributed by atoms with Crippen molar-refractivity contribution in [2.45, 2.75) is 19.0 Å². The number of sulfone groups is 1. The third-order valence-electron chi connectivity index (χ3n) is 4.65. The summed E-state index contributed by atoms with van der Waals surface area (Å²) in [5.74, 6) is 0.882. The number of carbonyl (C=O) groups is 1. The first-order chi connectivity index (χ1) is 11.4. The van der Waals surface area contributed by atoms with Gasteiger partial charge in [0.25, 0.3) is 0 Å². The molecule has 24 heavy (non-hydrogen) atoms. The quantitative estimate of drug-likeness (QED) is 0.811. The second-order valence-corrected chi connectivity index (χ2v) is 8.56. The molecular formula is C16H19N3O4S. The molecule has 2 aliphatic heterocycles. The Morgan fingerprint density at radius 2 is 2.21 bits per heavy atom. The minimum absolute atomic E-state index is 0.0160. The fourth-order valence-electron chi connectivity index (χ4n) is 3.60. The van der Waals surface area contributed by atoms with E-state index in [1.165, 1.54) is 0 Å². The molecule has 7 nitrogen and oxygen atoms in total. The smallest absolute Gasteiger partial charge is 0.322 e. The number of furan rings is 1. The van der Waals surface area contributed by atoms with Crippen molar-refractivity contribution in [1.29, 1.82) is 0 Å². The number of fused-ring (bicyclic) bond motifs is 2. The third kappa shape index (κ3) is 2.65. The van der Waals surface area contributed by atoms with Crippen LogP contribution in [0.3, 0.4) is 0 Å². The number of nitrogens with zero attached hydrogens (tertiary/aromatic N) is 1. The first kappa shape index (κ1) is 15.5. The van der Waals surface area contributed by atoms with E-state index >= 15 is 0 Å². The number of carbonyl (C=O) groups excluding carboxylic acids is 1. The molecule has 2 aliphatic rings. The van der Waals surface area contributed by atoms with Crippen LogP contribution in [0.4, 0.5) is 10.5 Å². The molecule has 8 heteroatoms. The van der Waals surface area contributed by atoms with E-state index in [1.807, 2.05) is 25.1 Å². The number of rotatable bonds is 1. The first-order valence-corrected chi connectivity index (χ1v) is 9.76. The second-order valence-electron chi connectivity index (χ2n) is 6.41. The number of anilines is 1. The third-order valence-corrected chi connectivity index (χ3v) is 6.37. The minimum atomic E-state index is -3.10. The van der Waals surface area contributed by atoms with Crippen LogP contribution in [0.25, 0.3) is 11.0 Å². The lowest BCUT2D eigenvalue weighted by molar-refractivity contribution is 0.163. The Morgan fingerprint density at radius 3 is 3.04 bits per heavy atom. The van der Waals surface area contributed by atoms with E-state index in [-0.39, 0.29) is 29.6 Å². The van der Waals surface area contributed by atoms with Gasteiger partial charge < -0.3 is 20.0 Å². The van der Waals surface area contributed by atoms with Crippen LogP contribution in [0, 0.1) is 6.92 Å². The largest absolute Gasteiger partial charge is 0.459 e. The average Bonchev–Trinajstić information content (AvgIpc) is 3.04. The molecule has 2 fully saturated rings. The summed E-state index contributed by atoms with van der Waals surface area (Å²) in [7, 11) is -3.10. The van der Waals surface area contributed by atoms with Crippen molar-refractivity contribution >= 4 is 32.5 Å². The van der Waals surface area contributed by atoms with Crippen molar-refractivity contribution in [1.82, 2.24) is 10.2 Å². The summed E-state index contributed by atoms with van der Waals surface area (Å²) in [5.41, 5.74) is 1.23. The summed E-state index contributed by atoms with van der Waals surface area (Å²) in [6.45, 7) is 2.93. The van der Waals surface area contributed by atoms with Crippen LogP contribution in [0.15, 0.2) is 28.7 Å². The molecule has 0 aliphatic carbocycles. The Bertz CT molecular complexity index is 905. The second kappa shape index (κ2) is 5.49. The Balaban J connectivity index is 1.59. The minimum Gasteiger partial charge on any atom is -0.459 e. The lowest BCUT2D eigenvalue weighted by atomic mass is 10.1. The number of hydrogen-bond acceptors (Lipinski definition) is 5. The monoisotopic (exact) mass is 349 g/mol. The summed E-state index contributed by atoms with van der Waals surface area (Å²) in [6, 6.07) is 6.69. The van der Waals surface area contributed by atoms with Gasteiger partial charge in [0.15, 0.2) is 15.4 Å². The number of piperazine rings is 1. The number of para-hydroxylation sites is 1. The lowest BCUT2D eigenvalue weighted by Crippen LogP contribution is -2.59. The number of hydrogen-bond donors (Lipinski definition) is 2. The fraction of sp³-hybridized carbons (Fsp3) is 0.438. The van der Waals surface area contributed by atoms with Gasteiger partial charge >= 0.3 is 6.03 Å². The van der Waals surface area contributed by atoms with E-state index in [1.54, 1.807) is 11.0 Å². The molecule has 1 aromatic carbocycles. The maximum atomic E-state index is 12.7. The summed E-state index contributed by atoms with van der Waals surface area (Å²) < 4.78 is 29.4. The van der Waals surface area contributed by atoms with Crippen molar-refractivity contribution in [3.05, 3.63) is 30.0 Å². The number of aryl methyl sites for hydroxylation is 1. The summed E-state index contributed by atoms with van der Waals surface area (Å²) in [5, 5.41) is 7.00. The van der Waals surface area contributed by atoms with Crippen molar-refractivity contribution < 1.29 is 17.6 Å². The SMILES string of the molecule is Cc1cc2cccc(NC(=O)N3CCN[C@@H]4CS(=O)(=O)C[C@@H]43)c2o1. The number of amides is 2. The summed E-state index contributed by atoms with van der Waals surface area (Å²) in [4.78, 5) is 14.3. The van der Waals surface area contributed by atoms with Gasteiger partial charge in [0, 0.05) is 24.5 Å². The lowest BCUT2D eigenvalue weighted by Gasteiger charge is -2.37. The maximum absolute atomic E-state index is 12.7. The molecule has 128 valence electrons. The molecule has 2 atom stereocenters. The topological polar surface area (TPSA) is 91.7 Å². The van der Waals surface area contributed by atoms with Gasteiger partial charge in [0.05, 0.1) is 23.2 Å². The van der Waals surface area contributed by atoms with E-state index in [0.717, 1.165) is 11.1 Å². The van der Waals surface area contributed by atoms with Gasteiger partial charge in [0.2, 0.25) is 0 Å². The van der Waals surface area contributed by atoms with E-state index in [4.69, 9.17) is 4.42 Å². The van der Waals surface area contributed by atoms with Crippen LogP contribution < -0.4 is 10.6 Å². The Kier molecular flexibility index (Phi) is 3.54. The zero-order valence-corrected chi connectivity index (χ0v) is 14.1. The normalized spacial score (nSPS) is 25.6. The molecule has 4 rings (SSSR count). The molecule has 2 saturated heterocycles. The number of benzene rings is 1. The highest BCUT2D eigenvalue weighted by molar-refractivity contribution is 7.91. The zero-order valence-electron chi connectivity index (χ0n) is 13.3. The average molecular weight is 349 g/mol. The molecule has 2 N–H and O–H groups in total. The van der Waals surface area contributed by atoms with Crippen molar-refractivity contribution in [3.8, 4) is 0 Å². The van der Waals surface area contributed by atoms with Gasteiger partial charge in [-0.3, -0.25) is 0 Å². The molecule has 1 aromatic heterocycles. The molecule has 3 heterocycles. The highest BCUT2D eigenvalue weighted by Crippen LogP contribution is 2.28. The summed E-state index contributed by atoms with van der Waals surface area (Å²) in [6.07, 6.45) is 0. The van der Waals surface area contributed by atoms with Gasteiger partial charge in [-0.1, -0.05) is 12.1 Å². The van der Waals surface area contributed by atoms with E-state index in [0.29, 0.717) is 24.4 Å². The van der Waals surface area contributed by atoms with Crippen LogP contribution in [-0.2, 0) is 9.84 Å². The van der Waals surface area contributed by atoms with Crippen molar-refractivity contribution in [3.63, 3.8) is 0 Å². The highest BCUT2D eigenvalue weighted by atomic mass is 32.2. The van der Waals surface area contributed by atoms with Crippen molar-refractivity contribution in [2.75, 3.05) is 29.9 Å². The molecule has 0 unspecified atom stereocenters. The van der Waals surface area contributed by atoms with E-state index in [2.05, 4.69) is 10.6 Å². The molecule has 0 spiro atoms. The van der Waals surface area contributed by atoms with Crippen LogP contribution >= 0.6 is 0 Å². The van der Waals surface area contributed by atoms with Gasteiger partial charge in [-0.2, -0.15) is 0 Å². The molecule has 0 saturated carbocycles. The van der Waals surface area contributed by atoms with Crippen LogP contribution in [0.5, 0.6) is 0 Å². The number of nitrogens with one attached hydrogen (secondary N) is 2. The van der Waals surface area contributed by atoms with Gasteiger partial charge in [-0.15, -0.1) is 0 Å². The molecule has 0 radical (unpaired) electrons. The first-order valence-electron chi connectivity index (χ1n) is 7.93. The van der Waals surface area contributed by atoms with Crippen LogP contribution in [0.1, 0.15) is 5.76 Å². The number of urea groups is 1. The summed E-state index contributed by atoms with van der Waals surface area (Å²) >= 11 is 0. The van der Waals surface area contributed by atoms with E-state index in [9.17, 15) is 13.2 Å². The zero-order chi connectivity index (χ0) is 16.9. The molecular weight excluding hydrogens is 330 g/mol. The van der Waals surface area contributed by atoms with Gasteiger partial charge in [-0.05, 0) is 19.1 Å². The Labute approximate surface area is 139 Å². The van der Waals surface area contributed by atoms with Gasteiger partial charge in [-0.25, -0.2) is 13.2 Å². The molecule has 2 amide bonds. The van der Waals surface area contributed by atoms with Crippen LogP contribution in [-0.4, -0.2) is 56.0 Å². The van der Waals surface area contributed by atoms with Crippen molar-refractivity contribution in [2.24, 2.45) is 0 Å². The Hall–Kier alpha value is -2.06. The van der Waals surface area contributed by atoms with E-state index < -0.39 is 9.84 Å². The highest BCUT2D eigenvalue weighted by Gasteiger charge is 2.44. The molecule has 0 bridgehead atoms. The van der Waals surface area contributed by atoms with Gasteiger partial charge in [0.1, 0.15) is 5.76 Å².